The van der Waals surface area contributed by atoms with Crippen LogP contribution in [0, 0.1) is 5.92 Å². The summed E-state index contributed by atoms with van der Waals surface area (Å²) in [5.41, 5.74) is 5.78. The van der Waals surface area contributed by atoms with Crippen LogP contribution in [0.15, 0.2) is 24.4 Å². The summed E-state index contributed by atoms with van der Waals surface area (Å²) in [5, 5.41) is 0. The molecule has 148 valence electrons. The summed E-state index contributed by atoms with van der Waals surface area (Å²) in [5.74, 6) is 1.81. The molecule has 2 aliphatic rings. The maximum Gasteiger partial charge on any atom is 0.242 e. The van der Waals surface area contributed by atoms with Gasteiger partial charge in [-0.3, -0.25) is 4.79 Å². The summed E-state index contributed by atoms with van der Waals surface area (Å²) in [6.45, 7) is 5.71. The monoisotopic (exact) mass is 402 g/mol. The van der Waals surface area contributed by atoms with Crippen molar-refractivity contribution in [1.82, 2.24) is 9.88 Å². The maximum atomic E-state index is 12.8. The zero-order chi connectivity index (χ0) is 17.0. The number of anilines is 1. The molecule has 0 aromatic carbocycles. The van der Waals surface area contributed by atoms with E-state index in [-0.39, 0.29) is 30.7 Å². The average Bonchev–Trinajstić information content (AvgIpc) is 3.08. The molecule has 1 amide bonds. The zero-order valence-electron chi connectivity index (χ0n) is 15.6. The number of rotatable bonds is 5. The van der Waals surface area contributed by atoms with Gasteiger partial charge in [0.2, 0.25) is 5.91 Å². The minimum Gasteiger partial charge on any atom is -0.357 e. The van der Waals surface area contributed by atoms with E-state index in [1.54, 1.807) is 0 Å². The largest absolute Gasteiger partial charge is 0.357 e. The lowest BCUT2D eigenvalue weighted by Gasteiger charge is -2.37. The van der Waals surface area contributed by atoms with E-state index in [4.69, 9.17) is 5.73 Å². The van der Waals surface area contributed by atoms with Crippen molar-refractivity contribution in [3.63, 3.8) is 0 Å². The van der Waals surface area contributed by atoms with E-state index in [2.05, 4.69) is 22.9 Å². The van der Waals surface area contributed by atoms with Crippen LogP contribution in [0.25, 0.3) is 0 Å². The number of carbonyl (C=O) groups is 1. The molecule has 3 rings (SSSR count). The lowest BCUT2D eigenvalue weighted by Crippen LogP contribution is -2.54. The lowest BCUT2D eigenvalue weighted by atomic mass is 9.93. The molecule has 2 heterocycles. The highest BCUT2D eigenvalue weighted by molar-refractivity contribution is 5.86. The number of hydrogen-bond donors (Lipinski definition) is 1. The van der Waals surface area contributed by atoms with E-state index in [1.807, 2.05) is 23.2 Å². The second-order valence-corrected chi connectivity index (χ2v) is 7.33. The molecule has 1 aromatic heterocycles. The highest BCUT2D eigenvalue weighted by atomic mass is 35.5. The van der Waals surface area contributed by atoms with Crippen molar-refractivity contribution in [3.05, 3.63) is 24.4 Å². The lowest BCUT2D eigenvalue weighted by molar-refractivity contribution is -0.137. The third kappa shape index (κ3) is 5.24. The molecule has 2 fully saturated rings. The van der Waals surface area contributed by atoms with E-state index in [0.29, 0.717) is 5.92 Å². The molecule has 2 N–H and O–H groups in total. The molecule has 7 heteroatoms. The van der Waals surface area contributed by atoms with Gasteiger partial charge < -0.3 is 15.5 Å². The molecule has 0 spiro atoms. The number of likely N-dealkylation sites (N-methyl/N-ethyl adjacent to an activating group) is 1. The Morgan fingerprint density at radius 1 is 1.27 bits per heavy atom. The van der Waals surface area contributed by atoms with E-state index in [9.17, 15) is 4.79 Å². The van der Waals surface area contributed by atoms with Crippen LogP contribution in [-0.4, -0.2) is 47.5 Å². The Kier molecular flexibility index (Phi) is 9.14. The van der Waals surface area contributed by atoms with Crippen LogP contribution in [0.4, 0.5) is 5.82 Å². The fourth-order valence-electron chi connectivity index (χ4n) is 4.09. The standard InChI is InChI=1S/C19H30N4O.2ClH/c1-2-22(18(24)19(20)10-4-5-11-19)15-16-8-13-23(14-9-16)17-7-3-6-12-21-17;;/h3,6-7,12,16H,2,4-5,8-11,13-15,20H2,1H3;2*1H. The fraction of sp³-hybridized carbons (Fsp3) is 0.684. The molecular weight excluding hydrogens is 371 g/mol. The Bertz CT molecular complexity index is 544. The first kappa shape index (κ1) is 23.0. The van der Waals surface area contributed by atoms with Gasteiger partial charge in [-0.25, -0.2) is 4.98 Å². The summed E-state index contributed by atoms with van der Waals surface area (Å²) < 4.78 is 0. The molecule has 1 saturated heterocycles. The predicted molar refractivity (Wildman–Crippen MR) is 111 cm³/mol. The number of nitrogens with two attached hydrogens (primary N) is 1. The molecule has 1 aliphatic heterocycles. The van der Waals surface area contributed by atoms with Crippen molar-refractivity contribution in [1.29, 1.82) is 0 Å². The van der Waals surface area contributed by atoms with Crippen LogP contribution in [0.3, 0.4) is 0 Å². The Morgan fingerprint density at radius 2 is 1.92 bits per heavy atom. The van der Waals surface area contributed by atoms with Crippen LogP contribution < -0.4 is 10.6 Å². The highest BCUT2D eigenvalue weighted by Crippen LogP contribution is 2.30. The number of aromatic nitrogens is 1. The van der Waals surface area contributed by atoms with Crippen molar-refractivity contribution in [2.75, 3.05) is 31.1 Å². The molecule has 1 saturated carbocycles. The van der Waals surface area contributed by atoms with Crippen LogP contribution >= 0.6 is 24.8 Å². The Balaban J connectivity index is 0.00000169. The van der Waals surface area contributed by atoms with Crippen molar-refractivity contribution >= 4 is 36.5 Å². The highest BCUT2D eigenvalue weighted by Gasteiger charge is 2.40. The third-order valence-electron chi connectivity index (χ3n) is 5.66. The van der Waals surface area contributed by atoms with E-state index in [1.165, 1.54) is 0 Å². The Morgan fingerprint density at radius 3 is 2.46 bits per heavy atom. The first-order valence-electron chi connectivity index (χ1n) is 9.36. The molecule has 0 atom stereocenters. The van der Waals surface area contributed by atoms with E-state index < -0.39 is 5.54 Å². The van der Waals surface area contributed by atoms with Gasteiger partial charge in [-0.15, -0.1) is 24.8 Å². The van der Waals surface area contributed by atoms with Crippen molar-refractivity contribution in [2.24, 2.45) is 11.7 Å². The van der Waals surface area contributed by atoms with Crippen LogP contribution in [0.1, 0.15) is 45.4 Å². The van der Waals surface area contributed by atoms with Crippen LogP contribution in [0.2, 0.25) is 0 Å². The Hall–Kier alpha value is -1.04. The normalized spacial score (nSPS) is 19.4. The van der Waals surface area contributed by atoms with Gasteiger partial charge >= 0.3 is 0 Å². The van der Waals surface area contributed by atoms with E-state index in [0.717, 1.165) is 70.5 Å². The van der Waals surface area contributed by atoms with E-state index >= 15 is 0 Å². The van der Waals surface area contributed by atoms with Crippen LogP contribution in [-0.2, 0) is 4.79 Å². The second-order valence-electron chi connectivity index (χ2n) is 7.33. The molecule has 0 radical (unpaired) electrons. The van der Waals surface area contributed by atoms with Gasteiger partial charge in [0.05, 0.1) is 5.54 Å². The first-order chi connectivity index (χ1) is 11.6. The quantitative estimate of drug-likeness (QED) is 0.820. The summed E-state index contributed by atoms with van der Waals surface area (Å²) in [6, 6.07) is 6.06. The Labute approximate surface area is 169 Å². The van der Waals surface area contributed by atoms with Gasteiger partial charge in [-0.1, -0.05) is 18.9 Å². The zero-order valence-corrected chi connectivity index (χ0v) is 17.2. The number of carbonyl (C=O) groups excluding carboxylic acids is 1. The summed E-state index contributed by atoms with van der Waals surface area (Å²) in [4.78, 5) is 21.6. The average molecular weight is 403 g/mol. The van der Waals surface area contributed by atoms with Crippen molar-refractivity contribution < 1.29 is 4.79 Å². The van der Waals surface area contributed by atoms with Crippen molar-refractivity contribution in [3.8, 4) is 0 Å². The SMILES string of the molecule is CCN(CC1CCN(c2ccccn2)CC1)C(=O)C1(N)CCCC1.Cl.Cl. The molecule has 1 aliphatic carbocycles. The smallest absolute Gasteiger partial charge is 0.242 e. The molecular formula is C19H32Cl2N4O. The van der Waals surface area contributed by atoms with Gasteiger partial charge in [0.25, 0.3) is 0 Å². The minimum atomic E-state index is -0.593. The molecule has 1 aromatic rings. The summed E-state index contributed by atoms with van der Waals surface area (Å²) in [6.07, 6.45) is 7.93. The summed E-state index contributed by atoms with van der Waals surface area (Å²) >= 11 is 0. The minimum absolute atomic E-state index is 0. The van der Waals surface area contributed by atoms with Gasteiger partial charge in [-0.2, -0.15) is 0 Å². The fourth-order valence-corrected chi connectivity index (χ4v) is 4.09. The first-order valence-corrected chi connectivity index (χ1v) is 9.36. The number of nitrogens with zero attached hydrogens (tertiary/aromatic N) is 3. The molecule has 26 heavy (non-hydrogen) atoms. The van der Waals surface area contributed by atoms with Crippen molar-refractivity contribution in [2.45, 2.75) is 51.0 Å². The van der Waals surface area contributed by atoms with Gasteiger partial charge in [0.1, 0.15) is 5.82 Å². The molecule has 0 unspecified atom stereocenters. The van der Waals surface area contributed by atoms with Gasteiger partial charge in [0, 0.05) is 32.4 Å². The number of pyridine rings is 1. The second kappa shape index (κ2) is 10.3. The number of halogens is 2. The topological polar surface area (TPSA) is 62.5 Å². The van der Waals surface area contributed by atoms with Gasteiger partial charge in [0.15, 0.2) is 0 Å². The van der Waals surface area contributed by atoms with Crippen LogP contribution in [0.5, 0.6) is 0 Å². The number of piperidine rings is 1. The molecule has 5 nitrogen and oxygen atoms in total. The van der Waals surface area contributed by atoms with Gasteiger partial charge in [-0.05, 0) is 50.7 Å². The molecule has 0 bridgehead atoms. The predicted octanol–water partition coefficient (Wildman–Crippen LogP) is 3.26. The number of amides is 1. The number of hydrogen-bond acceptors (Lipinski definition) is 4. The summed E-state index contributed by atoms with van der Waals surface area (Å²) in [7, 11) is 0. The third-order valence-corrected chi connectivity index (χ3v) is 5.66. The maximum absolute atomic E-state index is 12.8.